The largest absolute Gasteiger partial charge is 0.493 e. The molecular formula is C25H26N2O5. The van der Waals surface area contributed by atoms with E-state index in [4.69, 9.17) is 19.9 Å². The molecule has 0 atom stereocenters. The molecule has 32 heavy (non-hydrogen) atoms. The lowest BCUT2D eigenvalue weighted by atomic mass is 10.1. The highest BCUT2D eigenvalue weighted by atomic mass is 16.5. The van der Waals surface area contributed by atoms with Crippen LogP contribution in [-0.2, 0) is 6.42 Å². The monoisotopic (exact) mass is 434 g/mol. The quantitative estimate of drug-likeness (QED) is 0.551. The van der Waals surface area contributed by atoms with Gasteiger partial charge in [-0.25, -0.2) is 0 Å². The van der Waals surface area contributed by atoms with Gasteiger partial charge >= 0.3 is 0 Å². The van der Waals surface area contributed by atoms with Gasteiger partial charge in [0.2, 0.25) is 5.91 Å². The Bertz CT molecular complexity index is 1080. The molecule has 0 aliphatic carbocycles. The molecule has 0 aromatic heterocycles. The third-order valence-corrected chi connectivity index (χ3v) is 5.01. The minimum absolute atomic E-state index is 0.0807. The fraction of sp³-hybridized carbons (Fsp3) is 0.200. The number of rotatable bonds is 9. The van der Waals surface area contributed by atoms with Crippen molar-refractivity contribution in [3.8, 4) is 23.0 Å². The van der Waals surface area contributed by atoms with Gasteiger partial charge in [0, 0.05) is 24.7 Å². The summed E-state index contributed by atoms with van der Waals surface area (Å²) in [5.41, 5.74) is 7.27. The van der Waals surface area contributed by atoms with Gasteiger partial charge in [-0.05, 0) is 72.6 Å². The third kappa shape index (κ3) is 5.57. The summed E-state index contributed by atoms with van der Waals surface area (Å²) in [4.78, 5) is 25.6. The van der Waals surface area contributed by atoms with Crippen molar-refractivity contribution >= 4 is 11.8 Å². The van der Waals surface area contributed by atoms with Crippen molar-refractivity contribution in [2.24, 2.45) is 5.73 Å². The Morgan fingerprint density at radius 2 is 1.38 bits per heavy atom. The Morgan fingerprint density at radius 1 is 0.812 bits per heavy atom. The zero-order valence-electron chi connectivity index (χ0n) is 18.3. The van der Waals surface area contributed by atoms with E-state index in [9.17, 15) is 9.59 Å². The van der Waals surface area contributed by atoms with E-state index in [1.54, 1.807) is 74.7 Å². The zero-order valence-corrected chi connectivity index (χ0v) is 18.3. The van der Waals surface area contributed by atoms with E-state index in [2.05, 4.69) is 0 Å². The summed E-state index contributed by atoms with van der Waals surface area (Å²) < 4.78 is 16.3. The van der Waals surface area contributed by atoms with Crippen LogP contribution in [0.4, 0.5) is 0 Å². The van der Waals surface area contributed by atoms with Crippen LogP contribution in [0.5, 0.6) is 23.0 Å². The number of ether oxygens (including phenoxy) is 3. The average molecular weight is 434 g/mol. The van der Waals surface area contributed by atoms with Crippen molar-refractivity contribution < 1.29 is 23.8 Å². The molecular weight excluding hydrogens is 408 g/mol. The van der Waals surface area contributed by atoms with Crippen molar-refractivity contribution in [2.75, 3.05) is 27.8 Å². The van der Waals surface area contributed by atoms with Gasteiger partial charge in [-0.2, -0.15) is 0 Å². The van der Waals surface area contributed by atoms with E-state index in [0.717, 1.165) is 5.56 Å². The molecule has 3 aromatic rings. The first-order valence-corrected chi connectivity index (χ1v) is 10.1. The predicted molar refractivity (Wildman–Crippen MR) is 122 cm³/mol. The van der Waals surface area contributed by atoms with Crippen LogP contribution in [0.15, 0.2) is 66.7 Å². The first-order valence-electron chi connectivity index (χ1n) is 10.1. The highest BCUT2D eigenvalue weighted by Gasteiger charge is 2.13. The number of amides is 2. The minimum atomic E-state index is -0.491. The summed E-state index contributed by atoms with van der Waals surface area (Å²) in [7, 11) is 4.97. The Labute approximate surface area is 187 Å². The smallest absolute Gasteiger partial charge is 0.253 e. The lowest BCUT2D eigenvalue weighted by molar-refractivity contribution is 0.0796. The number of nitrogens with two attached hydrogens (primary N) is 1. The number of benzene rings is 3. The van der Waals surface area contributed by atoms with E-state index >= 15 is 0 Å². The second-order valence-corrected chi connectivity index (χ2v) is 7.18. The van der Waals surface area contributed by atoms with Crippen LogP contribution in [0.25, 0.3) is 0 Å². The number of methoxy groups -OCH3 is 2. The average Bonchev–Trinajstić information content (AvgIpc) is 2.82. The van der Waals surface area contributed by atoms with E-state index < -0.39 is 5.91 Å². The highest BCUT2D eigenvalue weighted by molar-refractivity contribution is 5.94. The maximum atomic E-state index is 12.8. The van der Waals surface area contributed by atoms with Crippen LogP contribution in [-0.4, -0.2) is 44.5 Å². The van der Waals surface area contributed by atoms with Gasteiger partial charge in [-0.15, -0.1) is 0 Å². The predicted octanol–water partition coefficient (Wildman–Crippen LogP) is 3.91. The first kappa shape index (κ1) is 22.7. The second kappa shape index (κ2) is 10.3. The van der Waals surface area contributed by atoms with Gasteiger partial charge in [0.1, 0.15) is 11.5 Å². The van der Waals surface area contributed by atoms with Crippen LogP contribution < -0.4 is 19.9 Å². The van der Waals surface area contributed by atoms with Crippen molar-refractivity contribution in [3.63, 3.8) is 0 Å². The zero-order chi connectivity index (χ0) is 23.1. The molecule has 0 fully saturated rings. The summed E-state index contributed by atoms with van der Waals surface area (Å²) in [6, 6.07) is 19.2. The normalized spacial score (nSPS) is 10.3. The molecule has 0 radical (unpaired) electrons. The summed E-state index contributed by atoms with van der Waals surface area (Å²) >= 11 is 0. The number of nitrogens with zero attached hydrogens (tertiary/aromatic N) is 1. The molecule has 3 aromatic carbocycles. The van der Waals surface area contributed by atoms with Crippen molar-refractivity contribution in [3.05, 3.63) is 83.4 Å². The molecule has 0 unspecified atom stereocenters. The van der Waals surface area contributed by atoms with Crippen molar-refractivity contribution in [1.82, 2.24) is 4.90 Å². The minimum Gasteiger partial charge on any atom is -0.493 e. The van der Waals surface area contributed by atoms with Gasteiger partial charge < -0.3 is 24.8 Å². The third-order valence-electron chi connectivity index (χ3n) is 5.01. The number of carbonyl (C=O) groups is 2. The van der Waals surface area contributed by atoms with Crippen molar-refractivity contribution in [1.29, 1.82) is 0 Å². The summed E-state index contributed by atoms with van der Waals surface area (Å²) in [5.74, 6) is 1.92. The summed E-state index contributed by atoms with van der Waals surface area (Å²) in [6.07, 6.45) is 0.686. The van der Waals surface area contributed by atoms with E-state index in [1.807, 2.05) is 18.2 Å². The SMILES string of the molecule is COc1ccc(CCN(C)C(=O)c2ccc(Oc3ccc(C(N)=O)cc3)cc2)cc1OC. The number of hydrogen-bond acceptors (Lipinski definition) is 5. The molecule has 2 N–H and O–H groups in total. The Morgan fingerprint density at radius 3 is 1.91 bits per heavy atom. The van der Waals surface area contributed by atoms with E-state index in [0.29, 0.717) is 47.1 Å². The molecule has 0 aliphatic rings. The van der Waals surface area contributed by atoms with Gasteiger partial charge in [0.15, 0.2) is 11.5 Å². The van der Waals surface area contributed by atoms with Crippen molar-refractivity contribution in [2.45, 2.75) is 6.42 Å². The lowest BCUT2D eigenvalue weighted by Gasteiger charge is -2.18. The molecule has 0 saturated carbocycles. The maximum Gasteiger partial charge on any atom is 0.253 e. The van der Waals surface area contributed by atoms with E-state index in [-0.39, 0.29) is 5.91 Å². The van der Waals surface area contributed by atoms with Crippen LogP contribution >= 0.6 is 0 Å². The fourth-order valence-electron chi connectivity index (χ4n) is 3.14. The Kier molecular flexibility index (Phi) is 7.33. The van der Waals surface area contributed by atoms with Gasteiger partial charge in [0.25, 0.3) is 5.91 Å². The van der Waals surface area contributed by atoms with Crippen LogP contribution in [0.3, 0.4) is 0 Å². The summed E-state index contributed by atoms with van der Waals surface area (Å²) in [6.45, 7) is 0.554. The lowest BCUT2D eigenvalue weighted by Crippen LogP contribution is -2.28. The Balaban J connectivity index is 1.58. The van der Waals surface area contributed by atoms with Crippen LogP contribution in [0.2, 0.25) is 0 Å². The number of carbonyl (C=O) groups excluding carboxylic acids is 2. The first-order chi connectivity index (χ1) is 15.4. The number of hydrogen-bond donors (Lipinski definition) is 1. The summed E-state index contributed by atoms with van der Waals surface area (Å²) in [5, 5.41) is 0. The number of primary amides is 1. The topological polar surface area (TPSA) is 91.1 Å². The Hall–Kier alpha value is -4.00. The van der Waals surface area contributed by atoms with Gasteiger partial charge in [-0.1, -0.05) is 6.07 Å². The molecule has 0 heterocycles. The van der Waals surface area contributed by atoms with Gasteiger partial charge in [-0.3, -0.25) is 9.59 Å². The molecule has 0 aliphatic heterocycles. The fourth-order valence-corrected chi connectivity index (χ4v) is 3.14. The van der Waals surface area contributed by atoms with Gasteiger partial charge in [0.05, 0.1) is 14.2 Å². The molecule has 3 rings (SSSR count). The van der Waals surface area contributed by atoms with Crippen LogP contribution in [0, 0.1) is 0 Å². The molecule has 0 bridgehead atoms. The molecule has 0 saturated heterocycles. The van der Waals surface area contributed by atoms with Crippen LogP contribution in [0.1, 0.15) is 26.3 Å². The number of likely N-dealkylation sites (N-methyl/N-ethyl adjacent to an activating group) is 1. The highest BCUT2D eigenvalue weighted by Crippen LogP contribution is 2.28. The molecule has 166 valence electrons. The van der Waals surface area contributed by atoms with E-state index in [1.165, 1.54) is 0 Å². The molecule has 2 amide bonds. The molecule has 0 spiro atoms. The molecule has 7 heteroatoms. The standard InChI is InChI=1S/C25H26N2O5/c1-27(15-14-17-4-13-22(30-2)23(16-17)31-3)25(29)19-7-11-21(12-8-19)32-20-9-5-18(6-10-20)24(26)28/h4-13,16H,14-15H2,1-3H3,(H2,26,28). The second-order valence-electron chi connectivity index (χ2n) is 7.18. The molecule has 7 nitrogen and oxygen atoms in total. The maximum absolute atomic E-state index is 12.8.